The van der Waals surface area contributed by atoms with Gasteiger partial charge in [0.25, 0.3) is 0 Å². The van der Waals surface area contributed by atoms with Crippen molar-refractivity contribution < 1.29 is 15.0 Å². The van der Waals surface area contributed by atoms with Crippen LogP contribution < -0.4 is 10.6 Å². The predicted octanol–water partition coefficient (Wildman–Crippen LogP) is 0.721. The number of carbonyl (C=O) groups excluding carboxylic acids is 1. The molecule has 0 unspecified atom stereocenters. The predicted molar refractivity (Wildman–Crippen MR) is 73.4 cm³/mol. The number of carbonyl (C=O) groups is 1. The maximum atomic E-state index is 11.6. The summed E-state index contributed by atoms with van der Waals surface area (Å²) < 4.78 is 0.937. The summed E-state index contributed by atoms with van der Waals surface area (Å²) in [6, 6.07) is 7.21. The lowest BCUT2D eigenvalue weighted by Crippen LogP contribution is -2.51. The summed E-state index contributed by atoms with van der Waals surface area (Å²) in [5.74, 6) is -0.231. The van der Waals surface area contributed by atoms with Gasteiger partial charge in [-0.05, 0) is 31.2 Å². The molecule has 1 aromatic carbocycles. The molecule has 5 nitrogen and oxygen atoms in total. The summed E-state index contributed by atoms with van der Waals surface area (Å²) in [4.78, 5) is 11.6. The van der Waals surface area contributed by atoms with Gasteiger partial charge in [0.15, 0.2) is 0 Å². The zero-order chi connectivity index (χ0) is 13.6. The lowest BCUT2D eigenvalue weighted by molar-refractivity contribution is -0.115. The molecule has 1 aromatic rings. The van der Waals surface area contributed by atoms with Crippen LogP contribution in [0.2, 0.25) is 0 Å². The quantitative estimate of drug-likeness (QED) is 0.623. The van der Waals surface area contributed by atoms with Crippen LogP contribution in [0.5, 0.6) is 0 Å². The minimum atomic E-state index is -0.850. The number of rotatable bonds is 6. The molecule has 0 aliphatic rings. The highest BCUT2D eigenvalue weighted by molar-refractivity contribution is 9.10. The Kier molecular flexibility index (Phi) is 5.74. The summed E-state index contributed by atoms with van der Waals surface area (Å²) in [7, 11) is 0. The lowest BCUT2D eigenvalue weighted by atomic mass is 10.1. The molecular weight excluding hydrogens is 300 g/mol. The largest absolute Gasteiger partial charge is 0.394 e. The summed E-state index contributed by atoms with van der Waals surface area (Å²) in [5, 5.41) is 23.6. The number of amides is 1. The van der Waals surface area contributed by atoms with Crippen molar-refractivity contribution in [3.63, 3.8) is 0 Å². The van der Waals surface area contributed by atoms with Gasteiger partial charge in [-0.1, -0.05) is 15.9 Å². The third kappa shape index (κ3) is 4.73. The van der Waals surface area contributed by atoms with Crippen LogP contribution in [0.25, 0.3) is 0 Å². The van der Waals surface area contributed by atoms with E-state index >= 15 is 0 Å². The van der Waals surface area contributed by atoms with E-state index in [0.29, 0.717) is 5.69 Å². The van der Waals surface area contributed by atoms with Crippen LogP contribution in [0.4, 0.5) is 5.69 Å². The van der Waals surface area contributed by atoms with Crippen molar-refractivity contribution in [3.05, 3.63) is 28.7 Å². The molecule has 0 aromatic heterocycles. The molecule has 0 saturated heterocycles. The topological polar surface area (TPSA) is 81.6 Å². The molecule has 0 atom stereocenters. The number of aliphatic hydroxyl groups is 2. The Morgan fingerprint density at radius 2 is 1.83 bits per heavy atom. The van der Waals surface area contributed by atoms with Gasteiger partial charge >= 0.3 is 0 Å². The van der Waals surface area contributed by atoms with Crippen LogP contribution in [-0.2, 0) is 4.79 Å². The van der Waals surface area contributed by atoms with Crippen LogP contribution in [0, 0.1) is 0 Å². The summed E-state index contributed by atoms with van der Waals surface area (Å²) in [6.45, 7) is 1.18. The van der Waals surface area contributed by atoms with E-state index in [4.69, 9.17) is 10.2 Å². The van der Waals surface area contributed by atoms with E-state index in [2.05, 4.69) is 26.6 Å². The van der Waals surface area contributed by atoms with E-state index in [1.807, 2.05) is 12.1 Å². The van der Waals surface area contributed by atoms with E-state index < -0.39 is 5.54 Å². The highest BCUT2D eigenvalue weighted by Crippen LogP contribution is 2.13. The first-order valence-corrected chi connectivity index (χ1v) is 6.30. The van der Waals surface area contributed by atoms with Crippen molar-refractivity contribution in [1.82, 2.24) is 5.32 Å². The molecule has 0 heterocycles. The van der Waals surface area contributed by atoms with Crippen LogP contribution in [0.1, 0.15) is 6.92 Å². The zero-order valence-electron chi connectivity index (χ0n) is 10.1. The molecule has 0 bridgehead atoms. The molecule has 18 heavy (non-hydrogen) atoms. The van der Waals surface area contributed by atoms with Crippen molar-refractivity contribution in [2.75, 3.05) is 25.1 Å². The average Bonchev–Trinajstić information content (AvgIpc) is 2.39. The molecule has 1 rings (SSSR count). The maximum Gasteiger partial charge on any atom is 0.238 e. The van der Waals surface area contributed by atoms with Gasteiger partial charge in [-0.15, -0.1) is 0 Å². The fourth-order valence-corrected chi connectivity index (χ4v) is 1.46. The Morgan fingerprint density at radius 3 is 2.33 bits per heavy atom. The standard InChI is InChI=1S/C12H17BrN2O3/c1-12(7-16,8-17)14-6-11(18)15-10-4-2-9(13)3-5-10/h2-5,14,16-17H,6-8H2,1H3,(H,15,18). The second-order valence-electron chi connectivity index (χ2n) is 4.29. The van der Waals surface area contributed by atoms with Crippen molar-refractivity contribution >= 4 is 27.5 Å². The number of hydrogen-bond donors (Lipinski definition) is 4. The van der Waals surface area contributed by atoms with Crippen LogP contribution >= 0.6 is 15.9 Å². The molecule has 100 valence electrons. The summed E-state index contributed by atoms with van der Waals surface area (Å²) in [5.41, 5.74) is -0.156. The van der Waals surface area contributed by atoms with Gasteiger partial charge in [0.1, 0.15) is 0 Å². The Labute approximate surface area is 114 Å². The van der Waals surface area contributed by atoms with Crippen LogP contribution in [-0.4, -0.2) is 41.4 Å². The normalized spacial score (nSPS) is 11.3. The van der Waals surface area contributed by atoms with E-state index in [9.17, 15) is 4.79 Å². The first kappa shape index (κ1) is 15.1. The van der Waals surface area contributed by atoms with Crippen LogP contribution in [0.15, 0.2) is 28.7 Å². The third-order valence-corrected chi connectivity index (χ3v) is 3.03. The second-order valence-corrected chi connectivity index (χ2v) is 5.20. The summed E-state index contributed by atoms with van der Waals surface area (Å²) in [6.07, 6.45) is 0. The van der Waals surface area contributed by atoms with Crippen molar-refractivity contribution in [1.29, 1.82) is 0 Å². The molecule has 0 fully saturated rings. The van der Waals surface area contributed by atoms with Crippen molar-refractivity contribution in [2.45, 2.75) is 12.5 Å². The van der Waals surface area contributed by atoms with Gasteiger partial charge in [0.05, 0.1) is 25.3 Å². The SMILES string of the molecule is CC(CO)(CO)NCC(=O)Nc1ccc(Br)cc1. The molecule has 0 radical (unpaired) electrons. The highest BCUT2D eigenvalue weighted by Gasteiger charge is 2.22. The number of halogens is 1. The monoisotopic (exact) mass is 316 g/mol. The lowest BCUT2D eigenvalue weighted by Gasteiger charge is -2.25. The van der Waals surface area contributed by atoms with E-state index in [-0.39, 0.29) is 25.7 Å². The molecule has 4 N–H and O–H groups in total. The second kappa shape index (κ2) is 6.84. The first-order chi connectivity index (χ1) is 8.49. The van der Waals surface area contributed by atoms with E-state index in [0.717, 1.165) is 4.47 Å². The Hall–Kier alpha value is -0.950. The molecule has 0 saturated carbocycles. The Morgan fingerprint density at radius 1 is 1.28 bits per heavy atom. The number of benzene rings is 1. The van der Waals surface area contributed by atoms with Gasteiger partial charge in [0.2, 0.25) is 5.91 Å². The van der Waals surface area contributed by atoms with E-state index in [1.165, 1.54) is 0 Å². The van der Waals surface area contributed by atoms with E-state index in [1.54, 1.807) is 19.1 Å². The minimum Gasteiger partial charge on any atom is -0.394 e. The molecule has 0 aliphatic heterocycles. The zero-order valence-corrected chi connectivity index (χ0v) is 11.7. The van der Waals surface area contributed by atoms with Gasteiger partial charge in [-0.2, -0.15) is 0 Å². The number of anilines is 1. The van der Waals surface area contributed by atoms with Crippen molar-refractivity contribution in [3.8, 4) is 0 Å². The molecule has 0 spiro atoms. The van der Waals surface area contributed by atoms with Crippen LogP contribution in [0.3, 0.4) is 0 Å². The van der Waals surface area contributed by atoms with Crippen molar-refractivity contribution in [2.24, 2.45) is 0 Å². The summed E-state index contributed by atoms with van der Waals surface area (Å²) >= 11 is 3.31. The third-order valence-electron chi connectivity index (χ3n) is 2.50. The maximum absolute atomic E-state index is 11.6. The van der Waals surface area contributed by atoms with Gasteiger partial charge in [0, 0.05) is 10.2 Å². The fourth-order valence-electron chi connectivity index (χ4n) is 1.19. The number of aliphatic hydroxyl groups excluding tert-OH is 2. The molecule has 1 amide bonds. The average molecular weight is 317 g/mol. The number of hydrogen-bond acceptors (Lipinski definition) is 4. The fraction of sp³-hybridized carbons (Fsp3) is 0.417. The minimum absolute atomic E-state index is 0.0215. The van der Waals surface area contributed by atoms with Gasteiger partial charge < -0.3 is 15.5 Å². The smallest absolute Gasteiger partial charge is 0.238 e. The number of nitrogens with one attached hydrogen (secondary N) is 2. The Balaban J connectivity index is 2.45. The first-order valence-electron chi connectivity index (χ1n) is 5.51. The highest BCUT2D eigenvalue weighted by atomic mass is 79.9. The molecule has 6 heteroatoms. The molecule has 0 aliphatic carbocycles. The molecular formula is C12H17BrN2O3. The van der Waals surface area contributed by atoms with Gasteiger partial charge in [-0.3, -0.25) is 10.1 Å². The van der Waals surface area contributed by atoms with Gasteiger partial charge in [-0.25, -0.2) is 0 Å². The Bertz CT molecular complexity index is 391.